The molecule has 3 aromatic rings. The lowest BCUT2D eigenvalue weighted by Crippen LogP contribution is -2.40. The minimum atomic E-state index is -4.18. The van der Waals surface area contributed by atoms with Crippen LogP contribution in [0.15, 0.2) is 48.8 Å². The van der Waals surface area contributed by atoms with Crippen molar-refractivity contribution in [1.82, 2.24) is 19.7 Å². The highest BCUT2D eigenvalue weighted by atomic mass is 31.2. The van der Waals surface area contributed by atoms with Gasteiger partial charge in [-0.15, -0.1) is 0 Å². The number of ether oxygens (including phenoxy) is 2. The number of rotatable bonds is 9. The first-order chi connectivity index (χ1) is 17.1. The van der Waals surface area contributed by atoms with Gasteiger partial charge in [0, 0.05) is 0 Å². The minimum absolute atomic E-state index is 0.222. The number of methoxy groups -OCH3 is 1. The van der Waals surface area contributed by atoms with E-state index in [9.17, 15) is 19.6 Å². The Morgan fingerprint density at radius 1 is 1.31 bits per heavy atom. The van der Waals surface area contributed by atoms with Crippen molar-refractivity contribution in [3.63, 3.8) is 0 Å². The quantitative estimate of drug-likeness (QED) is 0.232. The Hall–Kier alpha value is -3.06. The van der Waals surface area contributed by atoms with Crippen LogP contribution in [-0.4, -0.2) is 68.9 Å². The van der Waals surface area contributed by atoms with Gasteiger partial charge < -0.3 is 29.9 Å². The van der Waals surface area contributed by atoms with Crippen LogP contribution in [0.4, 0.5) is 5.82 Å². The number of fused-ring (bicyclic) bond motifs is 1. The standard InChI is InChI=1S/C22H28N5O8P/c1-13(21(30)32-3)26-36(31,35-14-7-5-4-6-8-14)33-11-16-18(28)19(29)22(2,34-16)17-10-9-15-20(23)24-12-25-27(15)17/h4-10,12-13,16,18-19,28-29H,11H2,1-3H3,(H,26,31)(H2,23,24,25)/t13-,16+,18+,19+,22-,36?/m0/s1. The largest absolute Gasteiger partial charge is 0.468 e. The van der Waals surface area contributed by atoms with Gasteiger partial charge in [-0.25, -0.2) is 14.1 Å². The number of hydrogen-bond donors (Lipinski definition) is 4. The molecule has 36 heavy (non-hydrogen) atoms. The second-order valence-corrected chi connectivity index (χ2v) is 10.1. The highest BCUT2D eigenvalue weighted by Gasteiger charge is 2.54. The van der Waals surface area contributed by atoms with Gasteiger partial charge in [0.1, 0.15) is 47.5 Å². The van der Waals surface area contributed by atoms with Crippen LogP contribution < -0.4 is 15.3 Å². The van der Waals surface area contributed by atoms with Crippen molar-refractivity contribution in [2.24, 2.45) is 0 Å². The fourth-order valence-corrected chi connectivity index (χ4v) is 5.51. The lowest BCUT2D eigenvalue weighted by atomic mass is 9.93. The highest BCUT2D eigenvalue weighted by Crippen LogP contribution is 2.47. The molecule has 14 heteroatoms. The molecule has 194 valence electrons. The third-order valence-electron chi connectivity index (χ3n) is 5.94. The van der Waals surface area contributed by atoms with E-state index in [0.29, 0.717) is 11.2 Å². The second kappa shape index (κ2) is 10.1. The fourth-order valence-electron chi connectivity index (χ4n) is 4.00. The summed E-state index contributed by atoms with van der Waals surface area (Å²) in [6.07, 6.45) is -2.66. The van der Waals surface area contributed by atoms with Crippen molar-refractivity contribution in [2.75, 3.05) is 19.5 Å². The van der Waals surface area contributed by atoms with Gasteiger partial charge in [0.15, 0.2) is 5.82 Å². The molecular formula is C22H28N5O8P. The average molecular weight is 521 g/mol. The normalized spacial score (nSPS) is 26.4. The predicted molar refractivity (Wildman–Crippen MR) is 127 cm³/mol. The summed E-state index contributed by atoms with van der Waals surface area (Å²) in [7, 11) is -2.98. The third kappa shape index (κ3) is 4.94. The molecule has 0 saturated carbocycles. The SMILES string of the molecule is COC(=O)[C@H](C)NP(=O)(OC[C@H]1O[C@@](C)(c2ccc3c(N)ncnn23)[C@H](O)[C@@H]1O)Oc1ccccc1. The Labute approximate surface area is 206 Å². The molecule has 1 aromatic carbocycles. The number of benzene rings is 1. The molecule has 0 amide bonds. The highest BCUT2D eigenvalue weighted by molar-refractivity contribution is 7.52. The number of esters is 1. The Morgan fingerprint density at radius 2 is 2.03 bits per heavy atom. The lowest BCUT2D eigenvalue weighted by Gasteiger charge is -2.27. The van der Waals surface area contributed by atoms with Gasteiger partial charge in [-0.2, -0.15) is 10.2 Å². The monoisotopic (exact) mass is 521 g/mol. The third-order valence-corrected chi connectivity index (χ3v) is 7.58. The lowest BCUT2D eigenvalue weighted by molar-refractivity contribution is -0.142. The van der Waals surface area contributed by atoms with Crippen LogP contribution in [0.5, 0.6) is 5.75 Å². The molecule has 13 nitrogen and oxygen atoms in total. The van der Waals surface area contributed by atoms with Crippen molar-refractivity contribution in [3.8, 4) is 5.75 Å². The van der Waals surface area contributed by atoms with Crippen molar-refractivity contribution in [3.05, 3.63) is 54.5 Å². The number of nitrogens with one attached hydrogen (secondary N) is 1. The molecule has 0 aliphatic carbocycles. The summed E-state index contributed by atoms with van der Waals surface area (Å²) in [5.74, 6) is -0.227. The first-order valence-electron chi connectivity index (χ1n) is 11.1. The van der Waals surface area contributed by atoms with Crippen LogP contribution in [-0.2, 0) is 29.0 Å². The van der Waals surface area contributed by atoms with E-state index in [0.717, 1.165) is 0 Å². The van der Waals surface area contributed by atoms with Crippen LogP contribution in [0.2, 0.25) is 0 Å². The molecule has 1 saturated heterocycles. The van der Waals surface area contributed by atoms with Crippen LogP contribution >= 0.6 is 7.75 Å². The van der Waals surface area contributed by atoms with E-state index in [2.05, 4.69) is 19.9 Å². The number of para-hydroxylation sites is 1. The van der Waals surface area contributed by atoms with E-state index >= 15 is 0 Å². The number of carbonyl (C=O) groups excluding carboxylic acids is 1. The number of carbonyl (C=O) groups is 1. The number of aliphatic hydroxyl groups excluding tert-OH is 2. The molecule has 4 rings (SSSR count). The maximum Gasteiger partial charge on any atom is 0.459 e. The number of nitrogen functional groups attached to an aromatic ring is 1. The predicted octanol–water partition coefficient (Wildman–Crippen LogP) is 1.00. The molecular weight excluding hydrogens is 493 g/mol. The maximum absolute atomic E-state index is 13.6. The Kier molecular flexibility index (Phi) is 7.32. The summed E-state index contributed by atoms with van der Waals surface area (Å²) < 4.78 is 36.9. The smallest absolute Gasteiger partial charge is 0.459 e. The van der Waals surface area contributed by atoms with Crippen molar-refractivity contribution in [1.29, 1.82) is 0 Å². The number of nitrogens with two attached hydrogens (primary N) is 1. The molecule has 1 unspecified atom stereocenters. The Morgan fingerprint density at radius 3 is 2.72 bits per heavy atom. The summed E-state index contributed by atoms with van der Waals surface area (Å²) in [6.45, 7) is 2.57. The summed E-state index contributed by atoms with van der Waals surface area (Å²) >= 11 is 0. The van der Waals surface area contributed by atoms with Gasteiger partial charge in [0.25, 0.3) is 0 Å². The zero-order chi connectivity index (χ0) is 26.1. The zero-order valence-corrected chi connectivity index (χ0v) is 20.7. The Balaban J connectivity index is 1.55. The first kappa shape index (κ1) is 26.0. The number of anilines is 1. The Bertz CT molecular complexity index is 1270. The number of aliphatic hydroxyl groups is 2. The van der Waals surface area contributed by atoms with E-state index in [1.54, 1.807) is 49.4 Å². The number of hydrogen-bond acceptors (Lipinski definition) is 11. The number of nitrogens with zero attached hydrogens (tertiary/aromatic N) is 3. The molecule has 1 aliphatic rings. The van der Waals surface area contributed by atoms with E-state index in [1.165, 1.54) is 24.9 Å². The molecule has 1 aliphatic heterocycles. The zero-order valence-electron chi connectivity index (χ0n) is 19.8. The van der Waals surface area contributed by atoms with Gasteiger partial charge in [-0.3, -0.25) is 9.32 Å². The molecule has 1 fully saturated rings. The first-order valence-corrected chi connectivity index (χ1v) is 12.6. The van der Waals surface area contributed by atoms with Gasteiger partial charge in [0.2, 0.25) is 0 Å². The van der Waals surface area contributed by atoms with Crippen LogP contribution in [0.25, 0.3) is 5.52 Å². The summed E-state index contributed by atoms with van der Waals surface area (Å²) in [5, 5.41) is 28.4. The summed E-state index contributed by atoms with van der Waals surface area (Å²) in [5.41, 5.74) is 5.40. The fraction of sp³-hybridized carbons (Fsp3) is 0.409. The summed E-state index contributed by atoms with van der Waals surface area (Å²) in [6, 6.07) is 10.5. The van der Waals surface area contributed by atoms with E-state index < -0.39 is 50.3 Å². The van der Waals surface area contributed by atoms with Crippen molar-refractivity contribution >= 4 is 25.1 Å². The molecule has 0 spiro atoms. The van der Waals surface area contributed by atoms with E-state index in [1.807, 2.05) is 0 Å². The topological polar surface area (TPSA) is 180 Å². The van der Waals surface area contributed by atoms with Gasteiger partial charge in [-0.1, -0.05) is 18.2 Å². The van der Waals surface area contributed by atoms with Gasteiger partial charge >= 0.3 is 13.7 Å². The average Bonchev–Trinajstić information content (AvgIpc) is 3.40. The van der Waals surface area contributed by atoms with Crippen LogP contribution in [0, 0.1) is 0 Å². The van der Waals surface area contributed by atoms with Gasteiger partial charge in [0.05, 0.1) is 19.4 Å². The molecule has 0 radical (unpaired) electrons. The van der Waals surface area contributed by atoms with E-state index in [4.69, 9.17) is 19.5 Å². The van der Waals surface area contributed by atoms with Crippen molar-refractivity contribution in [2.45, 2.75) is 43.8 Å². The maximum atomic E-state index is 13.6. The molecule has 5 N–H and O–H groups in total. The molecule has 6 atom stereocenters. The van der Waals surface area contributed by atoms with Crippen LogP contribution in [0.1, 0.15) is 19.5 Å². The molecule has 2 aromatic heterocycles. The second-order valence-electron chi connectivity index (χ2n) is 8.43. The van der Waals surface area contributed by atoms with Gasteiger partial charge in [-0.05, 0) is 38.1 Å². The van der Waals surface area contributed by atoms with E-state index in [-0.39, 0.29) is 11.6 Å². The molecule has 0 bridgehead atoms. The number of aromatic nitrogens is 3. The summed E-state index contributed by atoms with van der Waals surface area (Å²) in [4.78, 5) is 15.8. The molecule has 3 heterocycles. The van der Waals surface area contributed by atoms with Crippen molar-refractivity contribution < 1.29 is 38.1 Å². The minimum Gasteiger partial charge on any atom is -0.468 e. The van der Waals surface area contributed by atoms with Crippen LogP contribution in [0.3, 0.4) is 0 Å².